The van der Waals surface area contributed by atoms with Crippen molar-refractivity contribution in [3.8, 4) is 0 Å². The molecule has 3 nitrogen and oxygen atoms in total. The normalized spacial score (nSPS) is 10.8. The van der Waals surface area contributed by atoms with Crippen LogP contribution in [0.2, 0.25) is 0 Å². The molecule has 0 atom stereocenters. The van der Waals surface area contributed by atoms with Crippen LogP contribution in [0.1, 0.15) is 11.4 Å². The molecule has 0 fully saturated rings. The average molecular weight is 304 g/mol. The van der Waals surface area contributed by atoms with E-state index in [2.05, 4.69) is 23.6 Å². The van der Waals surface area contributed by atoms with Crippen LogP contribution < -0.4 is 17.0 Å². The highest BCUT2D eigenvalue weighted by atomic mass is 79.9. The van der Waals surface area contributed by atoms with Gasteiger partial charge < -0.3 is 27.2 Å². The zero-order chi connectivity index (χ0) is 10.8. The van der Waals surface area contributed by atoms with Gasteiger partial charge in [-0.3, -0.25) is 0 Å². The molecule has 16 heavy (non-hydrogen) atoms. The van der Waals surface area contributed by atoms with E-state index in [4.69, 9.17) is 10.2 Å². The largest absolute Gasteiger partial charge is 1.00 e. The van der Waals surface area contributed by atoms with Crippen molar-refractivity contribution in [2.45, 2.75) is 26.2 Å². The number of rotatable bonds is 3. The van der Waals surface area contributed by atoms with Crippen LogP contribution in [0.25, 0.3) is 10.2 Å². The van der Waals surface area contributed by atoms with Crippen LogP contribution in [-0.2, 0) is 6.54 Å². The van der Waals surface area contributed by atoms with Crippen LogP contribution in [0, 0.1) is 6.92 Å². The van der Waals surface area contributed by atoms with Crippen molar-refractivity contribution >= 4 is 21.6 Å². The summed E-state index contributed by atoms with van der Waals surface area (Å²) < 4.78 is 3.36. The monoisotopic (exact) mass is 303 g/mol. The van der Waals surface area contributed by atoms with Crippen LogP contribution in [-0.4, -0.2) is 21.1 Å². The molecule has 0 saturated heterocycles. The number of fused-ring (bicyclic) bond motifs is 1. The van der Waals surface area contributed by atoms with Gasteiger partial charge in [-0.2, -0.15) is 0 Å². The van der Waals surface area contributed by atoms with Gasteiger partial charge in [-0.1, -0.05) is 0 Å². The van der Waals surface area contributed by atoms with Gasteiger partial charge >= 0.3 is 0 Å². The molecule has 1 aromatic heterocycles. The number of aliphatic hydroxyl groups is 2. The van der Waals surface area contributed by atoms with Crippen molar-refractivity contribution in [3.05, 3.63) is 29.3 Å². The van der Waals surface area contributed by atoms with Crippen LogP contribution >= 0.6 is 11.3 Å². The SMILES string of the molecule is C[c+]1sc2ccccc2n1CCC(O)O.[Br-]. The number of hydrogen-bond acceptors (Lipinski definition) is 3. The molecule has 88 valence electrons. The van der Waals surface area contributed by atoms with Gasteiger partial charge in [0.05, 0.1) is 6.54 Å². The number of benzene rings is 1. The number of aliphatic hydroxyl groups excluding tert-OH is 1. The van der Waals surface area contributed by atoms with Crippen LogP contribution in [0.15, 0.2) is 24.3 Å². The average Bonchev–Trinajstić information content (AvgIpc) is 2.50. The standard InChI is InChI=1S/C11H14NO2S.BrH/c1-8-12(7-6-11(13)14)9-4-2-3-5-10(9)15-8;/h2-5,11,13-14H,6-7H2,1H3;1H/q+1;/p-1. The predicted octanol–water partition coefficient (Wildman–Crippen LogP) is -1.00. The molecule has 0 aliphatic rings. The first-order chi connectivity index (χ1) is 7.18. The number of thiazole rings is 1. The Morgan fingerprint density at radius 3 is 2.75 bits per heavy atom. The third-order valence-corrected chi connectivity index (χ3v) is 3.49. The van der Waals surface area contributed by atoms with Crippen LogP contribution in [0.3, 0.4) is 0 Å². The van der Waals surface area contributed by atoms with Gasteiger partial charge in [0, 0.05) is 36.8 Å². The first kappa shape index (κ1) is 13.6. The molecule has 1 heterocycles. The Hall–Kier alpha value is -0.490. The minimum atomic E-state index is -1.23. The van der Waals surface area contributed by atoms with E-state index in [0.717, 1.165) is 0 Å². The summed E-state index contributed by atoms with van der Waals surface area (Å²) in [5, 5.41) is 18.9. The fourth-order valence-corrected chi connectivity index (χ4v) is 2.72. The Morgan fingerprint density at radius 1 is 1.38 bits per heavy atom. The summed E-state index contributed by atoms with van der Waals surface area (Å²) in [5.74, 6) is 0. The van der Waals surface area contributed by atoms with E-state index >= 15 is 0 Å². The van der Waals surface area contributed by atoms with Crippen molar-refractivity contribution in [2.75, 3.05) is 0 Å². The second kappa shape index (κ2) is 5.72. The van der Waals surface area contributed by atoms with Gasteiger partial charge in [0.25, 0.3) is 0 Å². The zero-order valence-corrected chi connectivity index (χ0v) is 11.3. The van der Waals surface area contributed by atoms with Gasteiger partial charge in [0.2, 0.25) is 5.52 Å². The Labute approximate surface area is 109 Å². The third-order valence-electron chi connectivity index (χ3n) is 2.40. The summed E-state index contributed by atoms with van der Waals surface area (Å²) in [4.78, 5) is 0. The lowest BCUT2D eigenvalue weighted by atomic mass is 10.3. The minimum absolute atomic E-state index is 0. The molecule has 2 N–H and O–H groups in total. The first-order valence-electron chi connectivity index (χ1n) is 4.92. The summed E-state index contributed by atoms with van der Waals surface area (Å²) in [5.41, 5.74) is 1.17. The van der Waals surface area contributed by atoms with Gasteiger partial charge in [0.15, 0.2) is 16.0 Å². The Bertz CT molecular complexity index is 470. The van der Waals surface area contributed by atoms with Crippen molar-refractivity contribution in [1.82, 2.24) is 4.57 Å². The summed E-state index contributed by atoms with van der Waals surface area (Å²) in [7, 11) is 0. The minimum Gasteiger partial charge on any atom is -1.00 e. The molecule has 0 unspecified atom stereocenters. The fourth-order valence-electron chi connectivity index (χ4n) is 1.67. The molecule has 0 spiro atoms. The number of aryl methyl sites for hydroxylation is 2. The Morgan fingerprint density at radius 2 is 2.06 bits per heavy atom. The molecule has 5 heteroatoms. The van der Waals surface area contributed by atoms with E-state index < -0.39 is 6.29 Å². The van der Waals surface area contributed by atoms with Crippen molar-refractivity contribution in [1.29, 1.82) is 0 Å². The summed E-state index contributed by atoms with van der Waals surface area (Å²) in [6.07, 6.45) is -0.859. The highest BCUT2D eigenvalue weighted by Gasteiger charge is 2.15. The molecule has 0 amide bonds. The number of para-hydroxylation sites is 1. The second-order valence-corrected chi connectivity index (χ2v) is 4.74. The van der Waals surface area contributed by atoms with E-state index in [0.29, 0.717) is 13.0 Å². The molecule has 0 radical (unpaired) electrons. The van der Waals surface area contributed by atoms with E-state index in [1.807, 2.05) is 12.1 Å². The maximum absolute atomic E-state index is 8.86. The second-order valence-electron chi connectivity index (χ2n) is 3.51. The Balaban J connectivity index is 0.00000128. The molecule has 2 rings (SSSR count). The van der Waals surface area contributed by atoms with E-state index in [1.165, 1.54) is 15.2 Å². The van der Waals surface area contributed by atoms with Crippen LogP contribution in [0.5, 0.6) is 0 Å². The van der Waals surface area contributed by atoms with E-state index in [1.54, 1.807) is 11.3 Å². The van der Waals surface area contributed by atoms with Crippen molar-refractivity contribution in [2.24, 2.45) is 0 Å². The molecule has 1 aromatic carbocycles. The topological polar surface area (TPSA) is 45.4 Å². The molecule has 0 aliphatic heterocycles. The summed E-state index contributed by atoms with van der Waals surface area (Å²) >= 11 is 1.73. The van der Waals surface area contributed by atoms with Crippen molar-refractivity contribution in [3.63, 3.8) is 0 Å². The van der Waals surface area contributed by atoms with E-state index in [-0.39, 0.29) is 17.0 Å². The molecule has 2 aromatic rings. The lowest BCUT2D eigenvalue weighted by molar-refractivity contribution is -0.0475. The number of nitrogens with zero attached hydrogens (tertiary/aromatic N) is 1. The highest BCUT2D eigenvalue weighted by molar-refractivity contribution is 7.18. The van der Waals surface area contributed by atoms with Crippen LogP contribution in [0.4, 0.5) is 0 Å². The molecule has 0 saturated carbocycles. The maximum atomic E-state index is 8.86. The van der Waals surface area contributed by atoms with Crippen molar-refractivity contribution < 1.29 is 27.2 Å². The summed E-state index contributed by atoms with van der Waals surface area (Å²) in [6, 6.07) is 8.16. The lowest BCUT2D eigenvalue weighted by Gasteiger charge is -2.02. The lowest BCUT2D eigenvalue weighted by Crippen LogP contribution is -3.00. The third kappa shape index (κ3) is 2.79. The molecular weight excluding hydrogens is 290 g/mol. The van der Waals surface area contributed by atoms with Gasteiger partial charge in [-0.05, 0) is 12.1 Å². The molecular formula is C11H14BrNO2S. The van der Waals surface area contributed by atoms with E-state index in [9.17, 15) is 0 Å². The maximum Gasteiger partial charge on any atom is 0.204 e. The quantitative estimate of drug-likeness (QED) is 0.564. The predicted molar refractivity (Wildman–Crippen MR) is 61.8 cm³/mol. The van der Waals surface area contributed by atoms with Gasteiger partial charge in [-0.15, -0.1) is 0 Å². The highest BCUT2D eigenvalue weighted by Crippen LogP contribution is 2.25. The smallest absolute Gasteiger partial charge is 0.204 e. The Kier molecular flexibility index (Phi) is 4.86. The molecule has 0 bridgehead atoms. The molecule has 0 aliphatic carbocycles. The van der Waals surface area contributed by atoms with Gasteiger partial charge in [-0.25, -0.2) is 4.57 Å². The fraction of sp³-hybridized carbons (Fsp3) is 0.364. The zero-order valence-electron chi connectivity index (χ0n) is 8.93. The summed E-state index contributed by atoms with van der Waals surface area (Å²) in [6.45, 7) is 2.70. The van der Waals surface area contributed by atoms with Gasteiger partial charge in [0.1, 0.15) is 0 Å². The number of hydrogen-bond donors (Lipinski definition) is 2. The number of halogens is 1. The number of aromatic nitrogens is 1. The first-order valence-corrected chi connectivity index (χ1v) is 5.74.